The molecule has 0 radical (unpaired) electrons. The van der Waals surface area contributed by atoms with E-state index in [0.29, 0.717) is 24.7 Å². The minimum absolute atomic E-state index is 0.120. The predicted molar refractivity (Wildman–Crippen MR) is 246 cm³/mol. The molecule has 2 fully saturated rings. The molecule has 2 aliphatic heterocycles. The van der Waals surface area contributed by atoms with Gasteiger partial charge in [0.25, 0.3) is 15.9 Å². The van der Waals surface area contributed by atoms with Crippen LogP contribution >= 0.6 is 23.4 Å². The van der Waals surface area contributed by atoms with Crippen molar-refractivity contribution in [3.05, 3.63) is 119 Å². The van der Waals surface area contributed by atoms with Crippen LogP contribution in [0.2, 0.25) is 5.02 Å². The van der Waals surface area contributed by atoms with Gasteiger partial charge in [0.05, 0.1) is 18.1 Å². The highest BCUT2D eigenvalue weighted by Gasteiger charge is 2.30. The van der Waals surface area contributed by atoms with Crippen molar-refractivity contribution >= 4 is 67.3 Å². The van der Waals surface area contributed by atoms with Gasteiger partial charge in [0.15, 0.2) is 0 Å². The molecule has 2 N–H and O–H groups in total. The Hall–Kier alpha value is -3.73. The van der Waals surface area contributed by atoms with Gasteiger partial charge in [-0.25, -0.2) is 13.1 Å². The van der Waals surface area contributed by atoms with E-state index in [-0.39, 0.29) is 26.8 Å². The normalized spacial score (nSPS) is 18.7. The SMILES string of the molecule is CC1(C)CCC(c2ccc(Cl)cc2)=C(CN2CCN(c3ccc(C(=O)NS(=O)(=O)c4ccc(N[C@H](CCN5CCOCC5)CSc5ccccc5)c(S(=O)[O-])c4)cc3)CC2)C1. The van der Waals surface area contributed by atoms with E-state index in [2.05, 4.69) is 50.7 Å². The molecule has 7 rings (SSSR count). The Kier molecular flexibility index (Phi) is 15.3. The summed E-state index contributed by atoms with van der Waals surface area (Å²) < 4.78 is 59.7. The number of halogens is 1. The van der Waals surface area contributed by atoms with E-state index in [4.69, 9.17) is 16.3 Å². The van der Waals surface area contributed by atoms with Crippen LogP contribution in [0, 0.1) is 5.41 Å². The van der Waals surface area contributed by atoms with E-state index in [9.17, 15) is 22.0 Å². The molecule has 0 aromatic heterocycles. The molecule has 11 nitrogen and oxygen atoms in total. The number of allylic oxidation sites excluding steroid dienone is 1. The van der Waals surface area contributed by atoms with Crippen LogP contribution in [-0.2, 0) is 25.8 Å². The smallest absolute Gasteiger partial charge is 0.264 e. The largest absolute Gasteiger partial charge is 0.768 e. The van der Waals surface area contributed by atoms with E-state index in [1.807, 2.05) is 54.6 Å². The third kappa shape index (κ3) is 12.5. The van der Waals surface area contributed by atoms with E-state index in [0.717, 1.165) is 99.7 Å². The Morgan fingerprint density at radius 3 is 2.31 bits per heavy atom. The highest BCUT2D eigenvalue weighted by Crippen LogP contribution is 2.43. The maximum absolute atomic E-state index is 13.5. The molecule has 15 heteroatoms. The highest BCUT2D eigenvalue weighted by atomic mass is 35.5. The van der Waals surface area contributed by atoms with Crippen molar-refractivity contribution in [3.8, 4) is 0 Å². The van der Waals surface area contributed by atoms with Crippen LogP contribution < -0.4 is 14.9 Å². The quantitative estimate of drug-likeness (QED) is 0.0844. The molecule has 1 unspecified atom stereocenters. The van der Waals surface area contributed by atoms with Crippen LogP contribution in [0.15, 0.2) is 117 Å². The van der Waals surface area contributed by atoms with Gasteiger partial charge in [-0.15, -0.1) is 11.8 Å². The van der Waals surface area contributed by atoms with Gasteiger partial charge >= 0.3 is 0 Å². The number of benzene rings is 4. The van der Waals surface area contributed by atoms with Crippen molar-refractivity contribution < 1.29 is 26.7 Å². The molecule has 326 valence electrons. The molecular weight excluding hydrogens is 850 g/mol. The van der Waals surface area contributed by atoms with Crippen LogP contribution in [0.1, 0.15) is 55.5 Å². The number of hydrogen-bond acceptors (Lipinski definition) is 11. The molecule has 0 bridgehead atoms. The number of carbonyl (C=O) groups is 1. The van der Waals surface area contributed by atoms with Crippen molar-refractivity contribution in [2.24, 2.45) is 5.41 Å². The Balaban J connectivity index is 0.962. The molecule has 4 aromatic rings. The van der Waals surface area contributed by atoms with Crippen molar-refractivity contribution in [1.82, 2.24) is 14.5 Å². The summed E-state index contributed by atoms with van der Waals surface area (Å²) in [5.74, 6) is -0.140. The van der Waals surface area contributed by atoms with Gasteiger partial charge in [0, 0.05) is 95.9 Å². The molecular formula is C46H55ClN5O6S3-. The number of carbonyl (C=O) groups excluding carboxylic acids is 1. The summed E-state index contributed by atoms with van der Waals surface area (Å²) in [6.45, 7) is 12.9. The third-order valence-corrected chi connectivity index (χ3v) is 15.2. The number of nitrogens with one attached hydrogen (secondary N) is 2. The number of nitrogens with zero attached hydrogens (tertiary/aromatic N) is 3. The average molecular weight is 906 g/mol. The molecule has 2 saturated heterocycles. The van der Waals surface area contributed by atoms with Gasteiger partial charge in [-0.3, -0.25) is 18.8 Å². The van der Waals surface area contributed by atoms with E-state index >= 15 is 0 Å². The lowest BCUT2D eigenvalue weighted by atomic mass is 9.73. The van der Waals surface area contributed by atoms with Crippen molar-refractivity contribution in [2.75, 3.05) is 81.5 Å². The summed E-state index contributed by atoms with van der Waals surface area (Å²) >= 11 is 5.10. The zero-order valence-corrected chi connectivity index (χ0v) is 38.0. The zero-order chi connectivity index (χ0) is 43.0. The van der Waals surface area contributed by atoms with E-state index < -0.39 is 27.0 Å². The molecule has 61 heavy (non-hydrogen) atoms. The van der Waals surface area contributed by atoms with Crippen molar-refractivity contribution in [3.63, 3.8) is 0 Å². The number of morpholine rings is 1. The van der Waals surface area contributed by atoms with Gasteiger partial charge in [0.2, 0.25) is 0 Å². The first-order chi connectivity index (χ1) is 29.3. The fourth-order valence-electron chi connectivity index (χ4n) is 8.28. The zero-order valence-electron chi connectivity index (χ0n) is 34.8. The Bertz CT molecular complexity index is 2280. The number of ether oxygens (including phenoxy) is 1. The van der Waals surface area contributed by atoms with Gasteiger partial charge in [-0.2, -0.15) is 0 Å². The predicted octanol–water partition coefficient (Wildman–Crippen LogP) is 7.78. The summed E-state index contributed by atoms with van der Waals surface area (Å²) in [4.78, 5) is 21.0. The molecule has 1 aliphatic carbocycles. The minimum atomic E-state index is -4.41. The maximum Gasteiger partial charge on any atom is 0.264 e. The lowest BCUT2D eigenvalue weighted by Crippen LogP contribution is -2.47. The lowest BCUT2D eigenvalue weighted by Gasteiger charge is -2.39. The highest BCUT2D eigenvalue weighted by molar-refractivity contribution is 7.99. The number of thioether (sulfide) groups is 1. The Morgan fingerprint density at radius 2 is 1.62 bits per heavy atom. The molecule has 0 saturated carbocycles. The van der Waals surface area contributed by atoms with Crippen LogP contribution in [-0.4, -0.2) is 110 Å². The lowest BCUT2D eigenvalue weighted by molar-refractivity contribution is 0.0370. The summed E-state index contributed by atoms with van der Waals surface area (Å²) in [5, 5.41) is 4.13. The standard InChI is InChI=1S/C46H56ClN5O6S3/c1-46(2)20-18-42(34-8-12-37(47)13-9-34)36(31-46)32-51-22-24-52(25-23-51)39-14-10-35(11-15-39)45(53)49-61(56,57)41-16-17-43(44(30-41)60(54)55)48-38(19-21-50-26-28-58-29-27-50)33-59-40-6-4-3-5-7-40/h3-17,30,38,48H,18-29,31-33H2,1-2H3,(H,49,53)(H,54,55)/p-1/t38-/m1/s1. The topological polar surface area (TPSA) is 134 Å². The first-order valence-corrected chi connectivity index (χ1v) is 24.8. The van der Waals surface area contributed by atoms with Gasteiger partial charge in [0.1, 0.15) is 0 Å². The van der Waals surface area contributed by atoms with E-state index in [1.54, 1.807) is 23.9 Å². The minimum Gasteiger partial charge on any atom is -0.768 e. The summed E-state index contributed by atoms with van der Waals surface area (Å²) in [6.07, 6.45) is 4.02. The molecule has 1 amide bonds. The fraction of sp³-hybridized carbons (Fsp3) is 0.413. The van der Waals surface area contributed by atoms with Crippen LogP contribution in [0.5, 0.6) is 0 Å². The second-order valence-electron chi connectivity index (χ2n) is 16.8. The molecule has 3 aliphatic rings. The van der Waals surface area contributed by atoms with Crippen LogP contribution in [0.3, 0.4) is 0 Å². The average Bonchev–Trinajstić information content (AvgIpc) is 3.25. The van der Waals surface area contributed by atoms with Crippen molar-refractivity contribution in [1.29, 1.82) is 0 Å². The molecule has 0 spiro atoms. The number of piperazine rings is 1. The van der Waals surface area contributed by atoms with E-state index in [1.165, 1.54) is 28.8 Å². The van der Waals surface area contributed by atoms with Crippen LogP contribution in [0.4, 0.5) is 11.4 Å². The third-order valence-electron chi connectivity index (χ3n) is 11.8. The van der Waals surface area contributed by atoms with Gasteiger partial charge in [-0.1, -0.05) is 61.4 Å². The Morgan fingerprint density at radius 1 is 0.918 bits per heavy atom. The number of hydrogen-bond donors (Lipinski definition) is 2. The molecule has 4 aromatic carbocycles. The first-order valence-electron chi connectivity index (χ1n) is 20.9. The number of anilines is 2. The monoisotopic (exact) mass is 904 g/mol. The van der Waals surface area contributed by atoms with Crippen LogP contribution in [0.25, 0.3) is 5.57 Å². The molecule has 2 atom stereocenters. The second kappa shape index (κ2) is 20.6. The maximum atomic E-state index is 13.5. The van der Waals surface area contributed by atoms with Gasteiger partial charge in [-0.05, 0) is 120 Å². The number of amides is 1. The summed E-state index contributed by atoms with van der Waals surface area (Å²) in [5.41, 5.74) is 5.89. The summed E-state index contributed by atoms with van der Waals surface area (Å²) in [7, 11) is -4.41. The second-order valence-corrected chi connectivity index (χ2v) is 20.9. The van der Waals surface area contributed by atoms with Crippen molar-refractivity contribution in [2.45, 2.75) is 60.3 Å². The number of sulfonamides is 1. The molecule has 2 heterocycles. The van der Waals surface area contributed by atoms with Gasteiger partial charge < -0.3 is 19.5 Å². The number of rotatable bonds is 16. The summed E-state index contributed by atoms with van der Waals surface area (Å²) in [6, 6.07) is 28.9. The first kappa shape index (κ1) is 45.3. The Labute approximate surface area is 372 Å². The fourth-order valence-corrected chi connectivity index (χ4v) is 11.0.